The summed E-state index contributed by atoms with van der Waals surface area (Å²) in [5, 5.41) is 11.8. The number of amides is 1. The van der Waals surface area contributed by atoms with E-state index in [4.69, 9.17) is 14.6 Å². The van der Waals surface area contributed by atoms with E-state index < -0.39 is 5.97 Å². The Morgan fingerprint density at radius 2 is 1.90 bits per heavy atom. The van der Waals surface area contributed by atoms with Gasteiger partial charge in [0.1, 0.15) is 0 Å². The Morgan fingerprint density at radius 1 is 1.24 bits per heavy atom. The van der Waals surface area contributed by atoms with E-state index in [9.17, 15) is 9.59 Å². The zero-order chi connectivity index (χ0) is 15.8. The number of carboxylic acids is 1. The molecule has 1 aromatic carbocycles. The maximum absolute atomic E-state index is 11.7. The van der Waals surface area contributed by atoms with Crippen molar-refractivity contribution in [1.82, 2.24) is 5.32 Å². The lowest BCUT2D eigenvalue weighted by atomic mass is 10.2. The minimum Gasteiger partial charge on any atom is -0.493 e. The fourth-order valence-corrected chi connectivity index (χ4v) is 1.83. The van der Waals surface area contributed by atoms with Gasteiger partial charge < -0.3 is 19.9 Å². The third-order valence-electron chi connectivity index (χ3n) is 3.12. The van der Waals surface area contributed by atoms with Crippen LogP contribution < -0.4 is 14.8 Å². The molecule has 6 nitrogen and oxygen atoms in total. The molecule has 0 heterocycles. The first kappa shape index (κ1) is 16.8. The average molecular weight is 295 g/mol. The Balaban J connectivity index is 2.66. The van der Waals surface area contributed by atoms with Crippen LogP contribution in [0.5, 0.6) is 11.5 Å². The molecule has 0 saturated heterocycles. The molecule has 0 bridgehead atoms. The summed E-state index contributed by atoms with van der Waals surface area (Å²) in [6.45, 7) is 3.87. The van der Waals surface area contributed by atoms with Crippen LogP contribution in [0.3, 0.4) is 0 Å². The van der Waals surface area contributed by atoms with Crippen molar-refractivity contribution in [2.75, 3.05) is 13.7 Å². The summed E-state index contributed by atoms with van der Waals surface area (Å²) >= 11 is 0. The first-order chi connectivity index (χ1) is 10.0. The number of hydrogen-bond donors (Lipinski definition) is 2. The topological polar surface area (TPSA) is 84.9 Å². The van der Waals surface area contributed by atoms with Gasteiger partial charge in [-0.1, -0.05) is 13.8 Å². The first-order valence-electron chi connectivity index (χ1n) is 6.85. The highest BCUT2D eigenvalue weighted by Gasteiger charge is 2.13. The molecule has 0 atom stereocenters. The molecule has 1 aromatic rings. The predicted molar refractivity (Wildman–Crippen MR) is 78.0 cm³/mol. The molecule has 2 N–H and O–H groups in total. The third kappa shape index (κ3) is 4.98. The molecular formula is C15H21NO5. The minimum atomic E-state index is -1.05. The first-order valence-corrected chi connectivity index (χ1v) is 6.85. The number of rotatable bonds is 8. The lowest BCUT2D eigenvalue weighted by molar-refractivity contribution is -0.123. The van der Waals surface area contributed by atoms with Gasteiger partial charge in [-0.05, 0) is 31.0 Å². The van der Waals surface area contributed by atoms with Crippen LogP contribution in [0.1, 0.15) is 37.0 Å². The van der Waals surface area contributed by atoms with Crippen molar-refractivity contribution in [2.24, 2.45) is 0 Å². The van der Waals surface area contributed by atoms with E-state index in [0.29, 0.717) is 5.75 Å². The van der Waals surface area contributed by atoms with Crippen LogP contribution in [0.2, 0.25) is 0 Å². The van der Waals surface area contributed by atoms with E-state index in [0.717, 1.165) is 12.8 Å². The fraction of sp³-hybridized carbons (Fsp3) is 0.467. The Bertz CT molecular complexity index is 497. The van der Waals surface area contributed by atoms with Crippen molar-refractivity contribution in [3.05, 3.63) is 23.8 Å². The van der Waals surface area contributed by atoms with Crippen molar-refractivity contribution in [2.45, 2.75) is 32.7 Å². The molecule has 0 aliphatic heterocycles. The molecule has 0 aliphatic rings. The molecule has 1 amide bonds. The lowest BCUT2D eigenvalue weighted by Crippen LogP contribution is -2.37. The van der Waals surface area contributed by atoms with E-state index in [2.05, 4.69) is 5.32 Å². The van der Waals surface area contributed by atoms with Crippen molar-refractivity contribution < 1.29 is 24.2 Å². The maximum Gasteiger partial charge on any atom is 0.335 e. The van der Waals surface area contributed by atoms with E-state index in [1.54, 1.807) is 0 Å². The van der Waals surface area contributed by atoms with Crippen LogP contribution in [-0.2, 0) is 4.79 Å². The summed E-state index contributed by atoms with van der Waals surface area (Å²) in [5.41, 5.74) is 0.0979. The number of aromatic carboxylic acids is 1. The highest BCUT2D eigenvalue weighted by Crippen LogP contribution is 2.28. The van der Waals surface area contributed by atoms with Gasteiger partial charge in [0.2, 0.25) is 0 Å². The largest absolute Gasteiger partial charge is 0.493 e. The molecule has 0 saturated carbocycles. The van der Waals surface area contributed by atoms with Crippen molar-refractivity contribution in [1.29, 1.82) is 0 Å². The van der Waals surface area contributed by atoms with Crippen LogP contribution in [0, 0.1) is 0 Å². The molecule has 6 heteroatoms. The zero-order valence-corrected chi connectivity index (χ0v) is 12.5. The van der Waals surface area contributed by atoms with Gasteiger partial charge >= 0.3 is 5.97 Å². The molecule has 0 fully saturated rings. The van der Waals surface area contributed by atoms with Crippen LogP contribution in [0.15, 0.2) is 18.2 Å². The number of benzene rings is 1. The molecule has 0 aliphatic carbocycles. The van der Waals surface area contributed by atoms with Crippen LogP contribution in [-0.4, -0.2) is 36.7 Å². The Kier molecular flexibility index (Phi) is 6.52. The molecule has 0 aromatic heterocycles. The van der Waals surface area contributed by atoms with E-state index in [1.807, 2.05) is 13.8 Å². The average Bonchev–Trinajstić information content (AvgIpc) is 2.50. The number of hydrogen-bond acceptors (Lipinski definition) is 4. The Hall–Kier alpha value is -2.24. The van der Waals surface area contributed by atoms with Gasteiger partial charge in [-0.2, -0.15) is 0 Å². The summed E-state index contributed by atoms with van der Waals surface area (Å²) < 4.78 is 10.5. The number of methoxy groups -OCH3 is 1. The second-order valence-corrected chi connectivity index (χ2v) is 4.54. The zero-order valence-electron chi connectivity index (χ0n) is 12.5. The highest BCUT2D eigenvalue weighted by molar-refractivity contribution is 5.88. The summed E-state index contributed by atoms with van der Waals surface area (Å²) in [6, 6.07) is 4.37. The summed E-state index contributed by atoms with van der Waals surface area (Å²) in [4.78, 5) is 22.6. The number of nitrogens with one attached hydrogen (secondary N) is 1. The van der Waals surface area contributed by atoms with E-state index >= 15 is 0 Å². The molecule has 0 unspecified atom stereocenters. The second-order valence-electron chi connectivity index (χ2n) is 4.54. The summed E-state index contributed by atoms with van der Waals surface area (Å²) in [6.07, 6.45) is 1.72. The summed E-state index contributed by atoms with van der Waals surface area (Å²) in [7, 11) is 1.41. The van der Waals surface area contributed by atoms with E-state index in [-0.39, 0.29) is 29.9 Å². The van der Waals surface area contributed by atoms with Gasteiger partial charge in [-0.25, -0.2) is 4.79 Å². The highest BCUT2D eigenvalue weighted by atomic mass is 16.5. The van der Waals surface area contributed by atoms with Gasteiger partial charge in [0.15, 0.2) is 18.1 Å². The molecule has 21 heavy (non-hydrogen) atoms. The van der Waals surface area contributed by atoms with Crippen molar-refractivity contribution in [3.8, 4) is 11.5 Å². The lowest BCUT2D eigenvalue weighted by Gasteiger charge is -2.15. The van der Waals surface area contributed by atoms with Gasteiger partial charge in [0.05, 0.1) is 12.7 Å². The van der Waals surface area contributed by atoms with Gasteiger partial charge in [-0.3, -0.25) is 4.79 Å². The SMILES string of the molecule is CCC(CC)NC(=O)COc1ccc(C(=O)O)cc1OC. The van der Waals surface area contributed by atoms with Gasteiger partial charge in [-0.15, -0.1) is 0 Å². The van der Waals surface area contributed by atoms with Crippen LogP contribution in [0.4, 0.5) is 0 Å². The van der Waals surface area contributed by atoms with Crippen LogP contribution in [0.25, 0.3) is 0 Å². The number of carbonyl (C=O) groups excluding carboxylic acids is 1. The smallest absolute Gasteiger partial charge is 0.335 e. The molecule has 1 rings (SSSR count). The molecular weight excluding hydrogens is 274 g/mol. The molecule has 0 radical (unpaired) electrons. The number of ether oxygens (including phenoxy) is 2. The monoisotopic (exact) mass is 295 g/mol. The Morgan fingerprint density at radius 3 is 2.43 bits per heavy atom. The van der Waals surface area contributed by atoms with Crippen molar-refractivity contribution in [3.63, 3.8) is 0 Å². The standard InChI is InChI=1S/C15H21NO5/c1-4-11(5-2)16-14(17)9-21-12-7-6-10(15(18)19)8-13(12)20-3/h6-8,11H,4-5,9H2,1-3H3,(H,16,17)(H,18,19). The normalized spacial score (nSPS) is 10.3. The predicted octanol–water partition coefficient (Wildman–Crippen LogP) is 2.08. The minimum absolute atomic E-state index is 0.0979. The number of carboxylic acid groups (broad SMARTS) is 1. The fourth-order valence-electron chi connectivity index (χ4n) is 1.83. The van der Waals surface area contributed by atoms with Crippen LogP contribution >= 0.6 is 0 Å². The van der Waals surface area contributed by atoms with Gasteiger partial charge in [0, 0.05) is 6.04 Å². The third-order valence-corrected chi connectivity index (χ3v) is 3.12. The van der Waals surface area contributed by atoms with Crippen molar-refractivity contribution >= 4 is 11.9 Å². The maximum atomic E-state index is 11.7. The molecule has 0 spiro atoms. The second kappa shape index (κ2) is 8.14. The Labute approximate surface area is 124 Å². The summed E-state index contributed by atoms with van der Waals surface area (Å²) in [5.74, 6) is -0.646. The number of carbonyl (C=O) groups is 2. The molecule has 116 valence electrons. The van der Waals surface area contributed by atoms with E-state index in [1.165, 1.54) is 25.3 Å². The van der Waals surface area contributed by atoms with Gasteiger partial charge in [0.25, 0.3) is 5.91 Å². The quantitative estimate of drug-likeness (QED) is 0.767.